The maximum absolute atomic E-state index is 7.42. The van der Waals surface area contributed by atoms with Crippen LogP contribution in [0.5, 0.6) is 0 Å². The summed E-state index contributed by atoms with van der Waals surface area (Å²) in [5.41, 5.74) is 0. The van der Waals surface area contributed by atoms with Crippen LogP contribution < -0.4 is 5.14 Å². The topological polar surface area (TPSA) is 49.9 Å². The molecule has 0 spiro atoms. The quantitative estimate of drug-likeness (QED) is 0.569. The van der Waals surface area contributed by atoms with Crippen molar-refractivity contribution in [3.63, 3.8) is 0 Å². The second kappa shape index (κ2) is 3.20. The normalized spacial score (nSPS) is 33.0. The van der Waals surface area contributed by atoms with Crippen LogP contribution in [-0.2, 0) is 10.7 Å². The largest absolute Gasteiger partial charge is 0.277 e. The Kier molecular flexibility index (Phi) is 2.50. The molecule has 0 radical (unpaired) electrons. The maximum Gasteiger partial charge on any atom is 0.0971 e. The number of hydrogen-bond donors (Lipinski definition) is 2. The van der Waals surface area contributed by atoms with Gasteiger partial charge < -0.3 is 0 Å². The average molecular weight is 160 g/mol. The summed E-state index contributed by atoms with van der Waals surface area (Å²) >= 11 is 1.24. The van der Waals surface area contributed by atoms with Gasteiger partial charge in [-0.15, -0.1) is 0 Å². The molecule has 9 heavy (non-hydrogen) atoms. The summed E-state index contributed by atoms with van der Waals surface area (Å²) in [4.78, 5) is 0. The van der Waals surface area contributed by atoms with Gasteiger partial charge in [-0.1, -0.05) is 40.9 Å². The van der Waals surface area contributed by atoms with E-state index in [-0.39, 0.29) is 4.58 Å². The van der Waals surface area contributed by atoms with E-state index in [0.29, 0.717) is 0 Å². The maximum atomic E-state index is 7.42. The molecule has 1 heterocycles. The molecule has 0 aromatic carbocycles. The van der Waals surface area contributed by atoms with Crippen molar-refractivity contribution in [2.45, 2.75) is 4.58 Å². The zero-order chi connectivity index (χ0) is 6.69. The van der Waals surface area contributed by atoms with Gasteiger partial charge in [-0.05, 0) is 5.41 Å². The molecule has 0 saturated carbocycles. The first-order valence-electron chi connectivity index (χ1n) is 2.48. The summed E-state index contributed by atoms with van der Waals surface area (Å²) in [5.74, 6) is 0. The molecule has 0 amide bonds. The van der Waals surface area contributed by atoms with Crippen molar-refractivity contribution < 1.29 is 0 Å². The summed E-state index contributed by atoms with van der Waals surface area (Å²) in [5, 5.41) is 7.18. The van der Waals surface area contributed by atoms with Crippen LogP contribution in [0.25, 0.3) is 0 Å². The third-order valence-electron chi connectivity index (χ3n) is 0.989. The molecule has 4 heteroatoms. The number of allylic oxidation sites excluding steroid dienone is 2. The molecule has 3 N–H and O–H groups in total. The predicted molar refractivity (Wildman–Crippen MR) is 43.9 cm³/mol. The molecule has 2 atom stereocenters. The van der Waals surface area contributed by atoms with Crippen LogP contribution in [-0.4, -0.2) is 4.58 Å². The summed E-state index contributed by atoms with van der Waals surface area (Å²) < 4.78 is 7.59. The summed E-state index contributed by atoms with van der Waals surface area (Å²) in [6.07, 6.45) is 5.78. The molecule has 1 aliphatic heterocycles. The van der Waals surface area contributed by atoms with E-state index in [1.54, 1.807) is 0 Å². The van der Waals surface area contributed by atoms with Crippen molar-refractivity contribution in [3.8, 4) is 0 Å². The number of rotatable bonds is 1. The molecular weight excluding hydrogens is 152 g/mol. The SMILES string of the molecule is N=S1C=CC=CC1SN. The first-order chi connectivity index (χ1) is 4.34. The summed E-state index contributed by atoms with van der Waals surface area (Å²) in [6.45, 7) is 0. The Hall–Kier alpha value is -0.0600. The lowest BCUT2D eigenvalue weighted by molar-refractivity contribution is 1.53. The van der Waals surface area contributed by atoms with E-state index in [1.165, 1.54) is 11.9 Å². The van der Waals surface area contributed by atoms with Crippen molar-refractivity contribution in [2.24, 2.45) is 5.14 Å². The molecule has 0 saturated heterocycles. The highest BCUT2D eigenvalue weighted by molar-refractivity contribution is 8.11. The van der Waals surface area contributed by atoms with E-state index in [1.807, 2.05) is 23.6 Å². The highest BCUT2D eigenvalue weighted by atomic mass is 32.2. The molecule has 0 aromatic rings. The Labute approximate surface area is 61.2 Å². The van der Waals surface area contributed by atoms with Crippen LogP contribution in [0.1, 0.15) is 0 Å². The van der Waals surface area contributed by atoms with Crippen LogP contribution in [0.2, 0.25) is 0 Å². The van der Waals surface area contributed by atoms with Gasteiger partial charge in [-0.25, -0.2) is 0 Å². The molecule has 0 bridgehead atoms. The van der Waals surface area contributed by atoms with Gasteiger partial charge in [0.25, 0.3) is 0 Å². The molecule has 0 aliphatic carbocycles. The van der Waals surface area contributed by atoms with E-state index >= 15 is 0 Å². The zero-order valence-electron chi connectivity index (χ0n) is 4.78. The summed E-state index contributed by atoms with van der Waals surface area (Å²) in [7, 11) is -0.407. The third kappa shape index (κ3) is 1.67. The number of nitrogens with two attached hydrogens (primary N) is 1. The van der Waals surface area contributed by atoms with Gasteiger partial charge in [0.2, 0.25) is 0 Å². The van der Waals surface area contributed by atoms with Gasteiger partial charge in [-0.3, -0.25) is 9.92 Å². The van der Waals surface area contributed by atoms with Crippen molar-refractivity contribution in [3.05, 3.63) is 23.6 Å². The fourth-order valence-corrected chi connectivity index (χ4v) is 2.08. The predicted octanol–water partition coefficient (Wildman–Crippen LogP) is 1.38. The molecule has 1 rings (SSSR count). The Bertz CT molecular complexity index is 174. The minimum atomic E-state index is -0.407. The van der Waals surface area contributed by atoms with Crippen molar-refractivity contribution in [1.29, 1.82) is 4.78 Å². The average Bonchev–Trinajstić information content (AvgIpc) is 1.89. The van der Waals surface area contributed by atoms with Gasteiger partial charge in [0, 0.05) is 0 Å². The molecular formula is C5H8N2S2. The lowest BCUT2D eigenvalue weighted by atomic mass is 10.5. The van der Waals surface area contributed by atoms with E-state index in [4.69, 9.17) is 9.92 Å². The Morgan fingerprint density at radius 3 is 2.78 bits per heavy atom. The second-order valence-corrected chi connectivity index (χ2v) is 4.19. The molecule has 0 fully saturated rings. The lowest BCUT2D eigenvalue weighted by Crippen LogP contribution is -2.08. The van der Waals surface area contributed by atoms with Crippen molar-refractivity contribution in [2.75, 3.05) is 0 Å². The van der Waals surface area contributed by atoms with Crippen molar-refractivity contribution >= 4 is 22.6 Å². The molecule has 2 unspecified atom stereocenters. The number of hydrogen-bond acceptors (Lipinski definition) is 3. The highest BCUT2D eigenvalue weighted by Crippen LogP contribution is 2.14. The first kappa shape index (κ1) is 7.05. The van der Waals surface area contributed by atoms with Gasteiger partial charge in [0.15, 0.2) is 0 Å². The fourth-order valence-electron chi connectivity index (χ4n) is 0.552. The fraction of sp³-hybridized carbons (Fsp3) is 0.200. The third-order valence-corrected chi connectivity index (χ3v) is 3.48. The monoisotopic (exact) mass is 160 g/mol. The zero-order valence-corrected chi connectivity index (χ0v) is 6.41. The van der Waals surface area contributed by atoms with Gasteiger partial charge in [-0.2, -0.15) is 0 Å². The standard InChI is InChI=1S/C5H8N2S2/c6-8-5-3-1-2-4-9(5)7/h1-5,7H,6H2. The Morgan fingerprint density at radius 1 is 1.56 bits per heavy atom. The highest BCUT2D eigenvalue weighted by Gasteiger charge is 2.06. The van der Waals surface area contributed by atoms with Crippen molar-refractivity contribution in [1.82, 2.24) is 0 Å². The molecule has 50 valence electrons. The minimum Gasteiger partial charge on any atom is -0.277 e. The Morgan fingerprint density at radius 2 is 2.33 bits per heavy atom. The van der Waals surface area contributed by atoms with E-state index in [2.05, 4.69) is 0 Å². The van der Waals surface area contributed by atoms with Crippen LogP contribution in [0.4, 0.5) is 0 Å². The van der Waals surface area contributed by atoms with Gasteiger partial charge in [0.05, 0.1) is 4.58 Å². The van der Waals surface area contributed by atoms with Gasteiger partial charge >= 0.3 is 0 Å². The minimum absolute atomic E-state index is 0.176. The molecule has 2 nitrogen and oxygen atoms in total. The second-order valence-electron chi connectivity index (χ2n) is 1.59. The van der Waals surface area contributed by atoms with E-state index in [9.17, 15) is 0 Å². The van der Waals surface area contributed by atoms with Crippen LogP contribution in [0.15, 0.2) is 23.6 Å². The van der Waals surface area contributed by atoms with Crippen LogP contribution in [0, 0.1) is 4.78 Å². The Balaban J connectivity index is 2.66. The van der Waals surface area contributed by atoms with Gasteiger partial charge in [0.1, 0.15) is 0 Å². The first-order valence-corrected chi connectivity index (χ1v) is 4.77. The lowest BCUT2D eigenvalue weighted by Gasteiger charge is -2.10. The van der Waals surface area contributed by atoms with E-state index in [0.717, 1.165) is 0 Å². The smallest absolute Gasteiger partial charge is 0.0971 e. The van der Waals surface area contributed by atoms with E-state index < -0.39 is 10.7 Å². The van der Waals surface area contributed by atoms with Crippen LogP contribution >= 0.6 is 11.9 Å². The molecule has 0 aromatic heterocycles. The molecule has 1 aliphatic rings. The summed E-state index contributed by atoms with van der Waals surface area (Å²) in [6, 6.07) is 0. The number of nitrogens with one attached hydrogen (secondary N) is 1. The van der Waals surface area contributed by atoms with Crippen LogP contribution in [0.3, 0.4) is 0 Å².